The molecule has 1 aromatic carbocycles. The molecule has 0 aliphatic heterocycles. The Labute approximate surface area is 180 Å². The molecule has 1 fully saturated rings. The molecule has 9 heteroatoms. The molecule has 31 heavy (non-hydrogen) atoms. The van der Waals surface area contributed by atoms with E-state index in [1.165, 1.54) is 7.11 Å². The molecule has 1 aliphatic rings. The molecule has 0 spiro atoms. The number of carbonyl (C=O) groups excluding carboxylic acids is 3. The standard InChI is InChI=1S/C22H29FN2O6/c1-13-7-8-18(31-2)15(9-13)10-19(27)25-21(14-5-3-4-6-14)22(30)24-16(11-20(28)29)17(26)12-23/h7-9,14,16,21H,3-6,10-12H2,1-2H3,(H,24,30)(H,25,27)(H,28,29). The zero-order valence-corrected chi connectivity index (χ0v) is 17.8. The summed E-state index contributed by atoms with van der Waals surface area (Å²) in [5.41, 5.74) is 1.62. The van der Waals surface area contributed by atoms with E-state index >= 15 is 0 Å². The third-order valence-corrected chi connectivity index (χ3v) is 5.47. The number of carboxylic acids is 1. The van der Waals surface area contributed by atoms with Gasteiger partial charge in [0.05, 0.1) is 20.0 Å². The third-order valence-electron chi connectivity index (χ3n) is 5.47. The Morgan fingerprint density at radius 1 is 1.19 bits per heavy atom. The molecule has 170 valence electrons. The monoisotopic (exact) mass is 436 g/mol. The van der Waals surface area contributed by atoms with Crippen LogP contribution < -0.4 is 15.4 Å². The average Bonchev–Trinajstić information content (AvgIpc) is 3.25. The van der Waals surface area contributed by atoms with Crippen molar-refractivity contribution in [2.24, 2.45) is 5.92 Å². The third kappa shape index (κ3) is 7.04. The van der Waals surface area contributed by atoms with Crippen molar-refractivity contribution in [1.82, 2.24) is 10.6 Å². The van der Waals surface area contributed by atoms with Crippen molar-refractivity contribution in [2.45, 2.75) is 57.5 Å². The van der Waals surface area contributed by atoms with Crippen LogP contribution in [0.1, 0.15) is 43.2 Å². The highest BCUT2D eigenvalue weighted by Crippen LogP contribution is 2.28. The number of aryl methyl sites for hydroxylation is 1. The van der Waals surface area contributed by atoms with Gasteiger partial charge in [-0.2, -0.15) is 0 Å². The van der Waals surface area contributed by atoms with E-state index in [0.29, 0.717) is 24.2 Å². The second-order valence-electron chi connectivity index (χ2n) is 7.84. The number of amides is 2. The molecule has 8 nitrogen and oxygen atoms in total. The highest BCUT2D eigenvalue weighted by molar-refractivity contribution is 5.95. The van der Waals surface area contributed by atoms with Gasteiger partial charge in [-0.1, -0.05) is 30.5 Å². The maximum Gasteiger partial charge on any atom is 0.305 e. The normalized spacial score (nSPS) is 15.7. The number of aliphatic carboxylic acids is 1. The highest BCUT2D eigenvalue weighted by Gasteiger charge is 2.34. The number of carboxylic acid groups (broad SMARTS) is 1. The molecule has 0 saturated heterocycles. The minimum atomic E-state index is -1.48. The summed E-state index contributed by atoms with van der Waals surface area (Å²) < 4.78 is 18.1. The fraction of sp³-hybridized carbons (Fsp3) is 0.545. The Morgan fingerprint density at radius 2 is 1.87 bits per heavy atom. The smallest absolute Gasteiger partial charge is 0.305 e. The van der Waals surface area contributed by atoms with Crippen molar-refractivity contribution >= 4 is 23.6 Å². The summed E-state index contributed by atoms with van der Waals surface area (Å²) in [4.78, 5) is 48.4. The van der Waals surface area contributed by atoms with E-state index < -0.39 is 48.7 Å². The summed E-state index contributed by atoms with van der Waals surface area (Å²) in [6.07, 6.45) is 2.50. The SMILES string of the molecule is COc1ccc(C)cc1CC(=O)NC(C(=O)NC(CC(=O)O)C(=O)CF)C1CCCC1. The van der Waals surface area contributed by atoms with Gasteiger partial charge in [0.25, 0.3) is 0 Å². The summed E-state index contributed by atoms with van der Waals surface area (Å²) in [6.45, 7) is 0.506. The lowest BCUT2D eigenvalue weighted by molar-refractivity contribution is -0.141. The number of ether oxygens (including phenoxy) is 1. The summed E-state index contributed by atoms with van der Waals surface area (Å²) in [7, 11) is 1.51. The number of ketones is 1. The molecule has 1 aliphatic carbocycles. The van der Waals surface area contributed by atoms with Gasteiger partial charge in [-0.3, -0.25) is 19.2 Å². The van der Waals surface area contributed by atoms with Crippen LogP contribution in [-0.4, -0.2) is 54.5 Å². The molecule has 1 saturated carbocycles. The quantitative estimate of drug-likeness (QED) is 0.486. The Morgan fingerprint density at radius 3 is 2.45 bits per heavy atom. The van der Waals surface area contributed by atoms with Gasteiger partial charge in [-0.15, -0.1) is 0 Å². The van der Waals surface area contributed by atoms with Crippen LogP contribution in [0.4, 0.5) is 4.39 Å². The van der Waals surface area contributed by atoms with Crippen LogP contribution in [-0.2, 0) is 25.6 Å². The second kappa shape index (κ2) is 11.4. The maximum atomic E-state index is 12.9. The van der Waals surface area contributed by atoms with Gasteiger partial charge < -0.3 is 20.5 Å². The summed E-state index contributed by atoms with van der Waals surface area (Å²) >= 11 is 0. The molecule has 0 radical (unpaired) electrons. The predicted molar refractivity (Wildman–Crippen MR) is 110 cm³/mol. The van der Waals surface area contributed by atoms with Crippen molar-refractivity contribution in [3.63, 3.8) is 0 Å². The fourth-order valence-corrected chi connectivity index (χ4v) is 3.91. The molecule has 2 amide bonds. The van der Waals surface area contributed by atoms with Crippen LogP contribution in [0.5, 0.6) is 5.75 Å². The number of hydrogen-bond donors (Lipinski definition) is 3. The molecule has 2 rings (SSSR count). The Bertz CT molecular complexity index is 822. The van der Waals surface area contributed by atoms with Gasteiger partial charge in [0.15, 0.2) is 5.78 Å². The van der Waals surface area contributed by atoms with Crippen LogP contribution in [0.2, 0.25) is 0 Å². The van der Waals surface area contributed by atoms with Gasteiger partial charge in [0, 0.05) is 5.56 Å². The van der Waals surface area contributed by atoms with E-state index in [9.17, 15) is 23.6 Å². The number of nitrogens with one attached hydrogen (secondary N) is 2. The zero-order valence-electron chi connectivity index (χ0n) is 17.8. The zero-order chi connectivity index (χ0) is 23.0. The summed E-state index contributed by atoms with van der Waals surface area (Å²) in [6, 6.07) is 3.03. The van der Waals surface area contributed by atoms with Gasteiger partial charge in [0.1, 0.15) is 24.5 Å². The van der Waals surface area contributed by atoms with Crippen LogP contribution >= 0.6 is 0 Å². The fourth-order valence-electron chi connectivity index (χ4n) is 3.91. The van der Waals surface area contributed by atoms with Crippen molar-refractivity contribution in [1.29, 1.82) is 0 Å². The molecular weight excluding hydrogens is 407 g/mol. The van der Waals surface area contributed by atoms with E-state index in [2.05, 4.69) is 10.6 Å². The van der Waals surface area contributed by atoms with Crippen LogP contribution in [0.15, 0.2) is 18.2 Å². The number of rotatable bonds is 11. The molecule has 0 bridgehead atoms. The molecule has 2 unspecified atom stereocenters. The minimum absolute atomic E-state index is 0.0106. The Balaban J connectivity index is 2.15. The van der Waals surface area contributed by atoms with Crippen LogP contribution in [0.3, 0.4) is 0 Å². The highest BCUT2D eigenvalue weighted by atomic mass is 19.1. The van der Waals surface area contributed by atoms with E-state index in [4.69, 9.17) is 9.84 Å². The number of carbonyl (C=O) groups is 4. The van der Waals surface area contributed by atoms with E-state index in [-0.39, 0.29) is 12.3 Å². The van der Waals surface area contributed by atoms with Gasteiger partial charge in [-0.05, 0) is 31.7 Å². The van der Waals surface area contributed by atoms with Crippen LogP contribution in [0.25, 0.3) is 0 Å². The Hall–Kier alpha value is -2.97. The second-order valence-corrected chi connectivity index (χ2v) is 7.84. The molecule has 3 N–H and O–H groups in total. The van der Waals surface area contributed by atoms with Gasteiger partial charge in [-0.25, -0.2) is 4.39 Å². The maximum absolute atomic E-state index is 12.9. The number of Topliss-reactive ketones (excluding diaryl/α,β-unsaturated/α-hetero) is 1. The first kappa shape index (κ1) is 24.3. The van der Waals surface area contributed by atoms with E-state index in [0.717, 1.165) is 18.4 Å². The van der Waals surface area contributed by atoms with E-state index in [1.54, 1.807) is 6.07 Å². The van der Waals surface area contributed by atoms with Crippen molar-refractivity contribution in [3.05, 3.63) is 29.3 Å². The lowest BCUT2D eigenvalue weighted by atomic mass is 9.96. The lowest BCUT2D eigenvalue weighted by Gasteiger charge is -2.26. The van der Waals surface area contributed by atoms with Gasteiger partial charge >= 0.3 is 5.97 Å². The first-order valence-corrected chi connectivity index (χ1v) is 10.3. The average molecular weight is 436 g/mol. The Kier molecular flexibility index (Phi) is 8.96. The largest absolute Gasteiger partial charge is 0.496 e. The predicted octanol–water partition coefficient (Wildman–Crippen LogP) is 1.72. The van der Waals surface area contributed by atoms with Crippen molar-refractivity contribution < 1.29 is 33.4 Å². The number of hydrogen-bond acceptors (Lipinski definition) is 5. The van der Waals surface area contributed by atoms with Gasteiger partial charge in [0.2, 0.25) is 11.8 Å². The summed E-state index contributed by atoms with van der Waals surface area (Å²) in [5.74, 6) is -3.02. The molecule has 0 heterocycles. The summed E-state index contributed by atoms with van der Waals surface area (Å²) in [5, 5.41) is 14.0. The van der Waals surface area contributed by atoms with Crippen molar-refractivity contribution in [3.8, 4) is 5.75 Å². The number of halogens is 1. The number of methoxy groups -OCH3 is 1. The minimum Gasteiger partial charge on any atom is -0.496 e. The van der Waals surface area contributed by atoms with Crippen LogP contribution in [0, 0.1) is 12.8 Å². The topological polar surface area (TPSA) is 122 Å². The molecule has 0 aromatic heterocycles. The molecule has 1 aromatic rings. The first-order valence-electron chi connectivity index (χ1n) is 10.3. The van der Waals surface area contributed by atoms with Crippen molar-refractivity contribution in [2.75, 3.05) is 13.8 Å². The number of benzene rings is 1. The molecule has 2 atom stereocenters. The number of alkyl halides is 1. The lowest BCUT2D eigenvalue weighted by Crippen LogP contribution is -2.55. The van der Waals surface area contributed by atoms with E-state index in [1.807, 2.05) is 19.1 Å². The first-order chi connectivity index (χ1) is 14.7. The molecular formula is C22H29FN2O6.